The molecular weight excluding hydrogens is 348 g/mol. The van der Waals surface area contributed by atoms with Crippen LogP contribution in [0.2, 0.25) is 0 Å². The van der Waals surface area contributed by atoms with Gasteiger partial charge in [-0.1, -0.05) is 18.6 Å². The molecule has 0 heterocycles. The Kier molecular flexibility index (Phi) is 5.68. The molecule has 1 saturated carbocycles. The molecule has 0 aliphatic heterocycles. The zero-order valence-electron chi connectivity index (χ0n) is 13.5. The Bertz CT molecular complexity index is 610. The molecule has 1 aromatic rings. The third kappa shape index (κ3) is 5.12. The summed E-state index contributed by atoms with van der Waals surface area (Å²) in [4.78, 5) is 12.2. The number of carbonyl (C=O) groups is 1. The molecule has 8 heteroatoms. The largest absolute Gasteiger partial charge is 0.416 e. The molecule has 2 rings (SSSR count). The fourth-order valence-corrected chi connectivity index (χ4v) is 3.12. The SMILES string of the molecule is C[C@H](NC(=O)[C@@H]1CCC[C@H](C(F)(F)F)C1)c1cccc(C(F)(F)F)c1. The standard InChI is InChI=1S/C17H19F6NO/c1-10(11-4-2-6-13(8-11)16(18,19)20)24-15(25)12-5-3-7-14(9-12)17(21,22)23/h2,4,6,8,10,12,14H,3,5,7,9H2,1H3,(H,24,25)/t10-,12+,14-/m0/s1. The van der Waals surface area contributed by atoms with E-state index in [4.69, 9.17) is 0 Å². The Morgan fingerprint density at radius 2 is 1.84 bits per heavy atom. The first kappa shape index (κ1) is 19.6. The number of nitrogens with one attached hydrogen (secondary N) is 1. The predicted molar refractivity (Wildman–Crippen MR) is 79.5 cm³/mol. The Balaban J connectivity index is 2.03. The van der Waals surface area contributed by atoms with Gasteiger partial charge < -0.3 is 5.32 Å². The van der Waals surface area contributed by atoms with Crippen molar-refractivity contribution < 1.29 is 31.1 Å². The monoisotopic (exact) mass is 367 g/mol. The van der Waals surface area contributed by atoms with Crippen LogP contribution in [0.5, 0.6) is 0 Å². The van der Waals surface area contributed by atoms with E-state index in [1.807, 2.05) is 0 Å². The molecule has 1 aliphatic carbocycles. The fraction of sp³-hybridized carbons (Fsp3) is 0.588. The van der Waals surface area contributed by atoms with Crippen LogP contribution in [0.4, 0.5) is 26.3 Å². The van der Waals surface area contributed by atoms with Crippen LogP contribution in [-0.4, -0.2) is 12.1 Å². The van der Waals surface area contributed by atoms with Crippen LogP contribution in [0.25, 0.3) is 0 Å². The van der Waals surface area contributed by atoms with E-state index in [1.165, 1.54) is 19.1 Å². The molecule has 1 N–H and O–H groups in total. The average Bonchev–Trinajstić information content (AvgIpc) is 2.53. The highest BCUT2D eigenvalue weighted by Gasteiger charge is 2.43. The van der Waals surface area contributed by atoms with Gasteiger partial charge in [0.1, 0.15) is 0 Å². The summed E-state index contributed by atoms with van der Waals surface area (Å²) in [5, 5.41) is 2.54. The quantitative estimate of drug-likeness (QED) is 0.727. The zero-order chi connectivity index (χ0) is 18.8. The van der Waals surface area contributed by atoms with E-state index in [-0.39, 0.29) is 18.4 Å². The predicted octanol–water partition coefficient (Wildman–Crippen LogP) is 5.25. The molecule has 25 heavy (non-hydrogen) atoms. The normalized spacial score (nSPS) is 23.2. The van der Waals surface area contributed by atoms with Crippen molar-refractivity contribution in [1.82, 2.24) is 5.32 Å². The first-order chi connectivity index (χ1) is 11.5. The molecule has 1 amide bonds. The maximum atomic E-state index is 12.8. The minimum atomic E-state index is -4.50. The minimum Gasteiger partial charge on any atom is -0.349 e. The number of amides is 1. The summed E-state index contributed by atoms with van der Waals surface area (Å²) in [5.74, 6) is -2.81. The Morgan fingerprint density at radius 1 is 1.16 bits per heavy atom. The second-order valence-electron chi connectivity index (χ2n) is 6.46. The van der Waals surface area contributed by atoms with Crippen molar-refractivity contribution in [1.29, 1.82) is 0 Å². The van der Waals surface area contributed by atoms with Crippen molar-refractivity contribution >= 4 is 5.91 Å². The summed E-state index contributed by atoms with van der Waals surface area (Å²) in [6, 6.07) is 3.82. The molecule has 1 aliphatic rings. The number of halogens is 6. The van der Waals surface area contributed by atoms with Crippen molar-refractivity contribution in [3.05, 3.63) is 35.4 Å². The summed E-state index contributed by atoms with van der Waals surface area (Å²) in [6.45, 7) is 1.51. The number of hydrogen-bond acceptors (Lipinski definition) is 1. The van der Waals surface area contributed by atoms with Gasteiger partial charge in [-0.3, -0.25) is 4.79 Å². The molecule has 1 aromatic carbocycles. The third-order valence-corrected chi connectivity index (χ3v) is 4.58. The molecular formula is C17H19F6NO. The van der Waals surface area contributed by atoms with Gasteiger partial charge in [-0.05, 0) is 43.9 Å². The van der Waals surface area contributed by atoms with E-state index in [2.05, 4.69) is 5.32 Å². The topological polar surface area (TPSA) is 29.1 Å². The maximum Gasteiger partial charge on any atom is 0.416 e. The average molecular weight is 367 g/mol. The molecule has 0 spiro atoms. The number of benzene rings is 1. The highest BCUT2D eigenvalue weighted by molar-refractivity contribution is 5.79. The third-order valence-electron chi connectivity index (χ3n) is 4.58. The second-order valence-corrected chi connectivity index (χ2v) is 6.46. The lowest BCUT2D eigenvalue weighted by atomic mass is 9.80. The molecule has 3 atom stereocenters. The van der Waals surface area contributed by atoms with Gasteiger partial charge in [0.15, 0.2) is 0 Å². The first-order valence-electron chi connectivity index (χ1n) is 8.02. The Hall–Kier alpha value is -1.73. The van der Waals surface area contributed by atoms with Gasteiger partial charge >= 0.3 is 12.4 Å². The van der Waals surface area contributed by atoms with Gasteiger partial charge in [-0.2, -0.15) is 26.3 Å². The Labute approximate surface area is 141 Å². The summed E-state index contributed by atoms with van der Waals surface area (Å²) in [7, 11) is 0. The Morgan fingerprint density at radius 3 is 2.44 bits per heavy atom. The summed E-state index contributed by atoms with van der Waals surface area (Å²) in [5.41, 5.74) is -0.577. The van der Waals surface area contributed by atoms with Gasteiger partial charge in [0.05, 0.1) is 17.5 Å². The fourth-order valence-electron chi connectivity index (χ4n) is 3.12. The van der Waals surface area contributed by atoms with Crippen LogP contribution in [0.1, 0.15) is 49.8 Å². The lowest BCUT2D eigenvalue weighted by molar-refractivity contribution is -0.186. The molecule has 0 saturated heterocycles. The molecule has 0 radical (unpaired) electrons. The van der Waals surface area contributed by atoms with E-state index in [0.29, 0.717) is 12.8 Å². The smallest absolute Gasteiger partial charge is 0.349 e. The van der Waals surface area contributed by atoms with Crippen LogP contribution in [0.15, 0.2) is 24.3 Å². The lowest BCUT2D eigenvalue weighted by Crippen LogP contribution is -2.38. The number of rotatable bonds is 3. The number of hydrogen-bond donors (Lipinski definition) is 1. The van der Waals surface area contributed by atoms with Gasteiger partial charge in [0, 0.05) is 5.92 Å². The molecule has 0 bridgehead atoms. The minimum absolute atomic E-state index is 0.0104. The summed E-state index contributed by atoms with van der Waals surface area (Å²) < 4.78 is 76.7. The van der Waals surface area contributed by atoms with E-state index in [0.717, 1.165) is 12.1 Å². The van der Waals surface area contributed by atoms with Crippen LogP contribution in [0, 0.1) is 11.8 Å². The summed E-state index contributed by atoms with van der Waals surface area (Å²) >= 11 is 0. The van der Waals surface area contributed by atoms with Gasteiger partial charge in [0.2, 0.25) is 5.91 Å². The van der Waals surface area contributed by atoms with Crippen molar-refractivity contribution in [2.45, 2.75) is 51.0 Å². The van der Waals surface area contributed by atoms with Crippen LogP contribution in [0.3, 0.4) is 0 Å². The first-order valence-corrected chi connectivity index (χ1v) is 8.02. The van der Waals surface area contributed by atoms with Crippen molar-refractivity contribution in [3.8, 4) is 0 Å². The van der Waals surface area contributed by atoms with Crippen LogP contribution in [-0.2, 0) is 11.0 Å². The lowest BCUT2D eigenvalue weighted by Gasteiger charge is -2.30. The van der Waals surface area contributed by atoms with Crippen molar-refractivity contribution in [2.75, 3.05) is 0 Å². The number of carbonyl (C=O) groups excluding carboxylic acids is 1. The molecule has 2 nitrogen and oxygen atoms in total. The zero-order valence-corrected chi connectivity index (χ0v) is 13.5. The molecule has 1 fully saturated rings. The van der Waals surface area contributed by atoms with E-state index in [9.17, 15) is 31.1 Å². The molecule has 0 unspecified atom stereocenters. The van der Waals surface area contributed by atoms with E-state index in [1.54, 1.807) is 0 Å². The van der Waals surface area contributed by atoms with Crippen LogP contribution >= 0.6 is 0 Å². The van der Waals surface area contributed by atoms with E-state index >= 15 is 0 Å². The second kappa shape index (κ2) is 7.25. The summed E-state index contributed by atoms with van der Waals surface area (Å²) in [6.07, 6.45) is -8.43. The van der Waals surface area contributed by atoms with E-state index < -0.39 is 41.7 Å². The van der Waals surface area contributed by atoms with Gasteiger partial charge in [0.25, 0.3) is 0 Å². The highest BCUT2D eigenvalue weighted by Crippen LogP contribution is 2.40. The van der Waals surface area contributed by atoms with Crippen molar-refractivity contribution in [2.24, 2.45) is 11.8 Å². The van der Waals surface area contributed by atoms with Gasteiger partial charge in [-0.25, -0.2) is 0 Å². The maximum absolute atomic E-state index is 12.8. The van der Waals surface area contributed by atoms with Crippen molar-refractivity contribution in [3.63, 3.8) is 0 Å². The molecule has 0 aromatic heterocycles. The molecule has 140 valence electrons. The van der Waals surface area contributed by atoms with Crippen LogP contribution < -0.4 is 5.32 Å². The highest BCUT2D eigenvalue weighted by atomic mass is 19.4. The number of alkyl halides is 6. The van der Waals surface area contributed by atoms with Gasteiger partial charge in [-0.15, -0.1) is 0 Å².